The molecule has 36 heavy (non-hydrogen) atoms. The number of aromatic nitrogens is 4. The van der Waals surface area contributed by atoms with Gasteiger partial charge in [0.15, 0.2) is 5.11 Å². The molecule has 9 nitrogen and oxygen atoms in total. The summed E-state index contributed by atoms with van der Waals surface area (Å²) in [6.45, 7) is -0.625. The summed E-state index contributed by atoms with van der Waals surface area (Å²) in [5.41, 5.74) is 0.668. The van der Waals surface area contributed by atoms with Crippen LogP contribution in [0.2, 0.25) is 0 Å². The Morgan fingerprint density at radius 3 is 2.31 bits per heavy atom. The highest BCUT2D eigenvalue weighted by Crippen LogP contribution is 2.37. The Kier molecular flexibility index (Phi) is 8.03. The summed E-state index contributed by atoms with van der Waals surface area (Å²) in [6, 6.07) is 4.43. The smallest absolute Gasteiger partial charge is 0.298 e. The van der Waals surface area contributed by atoms with Crippen molar-refractivity contribution in [1.29, 1.82) is 0 Å². The van der Waals surface area contributed by atoms with E-state index >= 15 is 0 Å². The van der Waals surface area contributed by atoms with Gasteiger partial charge in [0.25, 0.3) is 5.91 Å². The fourth-order valence-electron chi connectivity index (χ4n) is 2.53. The van der Waals surface area contributed by atoms with Crippen LogP contribution >= 0.6 is 23.6 Å². The zero-order valence-electron chi connectivity index (χ0n) is 17.5. The number of rotatable bonds is 5. The molecule has 17 heteroatoms. The largest absolute Gasteiger partial charge is 0.416 e. The average Bonchev–Trinajstić information content (AvgIpc) is 3.47. The number of tetrazole rings is 1. The fraction of sp³-hybridized carbons (Fsp3) is 0.158. The molecular formula is C19H13F6N7O2S2. The normalized spacial score (nSPS) is 11.9. The molecule has 2 aromatic heterocycles. The van der Waals surface area contributed by atoms with E-state index in [0.717, 1.165) is 4.88 Å². The van der Waals surface area contributed by atoms with Crippen molar-refractivity contribution in [2.45, 2.75) is 18.9 Å². The van der Waals surface area contributed by atoms with Gasteiger partial charge in [0.2, 0.25) is 11.7 Å². The number of hydrazine groups is 1. The number of halogens is 6. The number of alkyl halides is 6. The highest BCUT2D eigenvalue weighted by atomic mass is 32.1. The molecule has 3 N–H and O–H groups in total. The number of hydrogen-bond donors (Lipinski definition) is 3. The second-order valence-corrected chi connectivity index (χ2v) is 8.17. The third-order valence-electron chi connectivity index (χ3n) is 4.08. The summed E-state index contributed by atoms with van der Waals surface area (Å²) in [4.78, 5) is 25.3. The molecule has 2 heterocycles. The van der Waals surface area contributed by atoms with Gasteiger partial charge in [-0.25, -0.2) is 0 Å². The van der Waals surface area contributed by atoms with Crippen LogP contribution in [-0.4, -0.2) is 37.1 Å². The third-order valence-corrected chi connectivity index (χ3v) is 5.12. The minimum absolute atomic E-state index is 0.0350. The third kappa shape index (κ3) is 7.57. The van der Waals surface area contributed by atoms with Crippen LogP contribution in [0.4, 0.5) is 26.3 Å². The van der Waals surface area contributed by atoms with Crippen LogP contribution in [0.15, 0.2) is 41.8 Å². The topological polar surface area (TPSA) is 114 Å². The number of benzene rings is 1. The summed E-state index contributed by atoms with van der Waals surface area (Å²) >= 11 is 6.27. The van der Waals surface area contributed by atoms with Gasteiger partial charge in [0, 0.05) is 16.5 Å². The lowest BCUT2D eigenvalue weighted by atomic mass is 10.0. The Morgan fingerprint density at radius 2 is 1.72 bits per heavy atom. The Balaban J connectivity index is 1.59. The van der Waals surface area contributed by atoms with E-state index in [1.165, 1.54) is 17.4 Å². The van der Waals surface area contributed by atoms with Crippen molar-refractivity contribution in [3.8, 4) is 11.4 Å². The summed E-state index contributed by atoms with van der Waals surface area (Å²) in [5, 5.41) is 14.4. The van der Waals surface area contributed by atoms with Crippen LogP contribution in [-0.2, 0) is 28.5 Å². The highest BCUT2D eigenvalue weighted by Gasteiger charge is 2.37. The number of carbonyl (C=O) groups is 2. The van der Waals surface area contributed by atoms with Gasteiger partial charge in [0.05, 0.1) is 11.1 Å². The number of hydrogen-bond acceptors (Lipinski definition) is 7. The molecule has 0 fully saturated rings. The molecule has 0 aliphatic carbocycles. The molecule has 0 spiro atoms. The average molecular weight is 549 g/mol. The molecule has 2 amide bonds. The second-order valence-electron chi connectivity index (χ2n) is 6.78. The van der Waals surface area contributed by atoms with E-state index in [-0.39, 0.29) is 11.2 Å². The molecule has 0 atom stereocenters. The second kappa shape index (κ2) is 10.8. The quantitative estimate of drug-likeness (QED) is 0.194. The molecule has 3 aromatic rings. The lowest BCUT2D eigenvalue weighted by Crippen LogP contribution is -2.49. The van der Waals surface area contributed by atoms with Gasteiger partial charge < -0.3 is 0 Å². The number of nitrogens with one attached hydrogen (secondary N) is 3. The van der Waals surface area contributed by atoms with Gasteiger partial charge in [-0.15, -0.1) is 21.5 Å². The predicted molar refractivity (Wildman–Crippen MR) is 119 cm³/mol. The van der Waals surface area contributed by atoms with Crippen molar-refractivity contribution in [3.63, 3.8) is 0 Å². The number of carbonyl (C=O) groups excluding carboxylic acids is 2. The lowest BCUT2D eigenvalue weighted by Gasteiger charge is -2.12. The summed E-state index contributed by atoms with van der Waals surface area (Å²) in [7, 11) is 0. The Labute approximate surface area is 207 Å². The standard InChI is InChI=1S/C19H13F6N7O2S2/c20-18(21,22)11-6-10(7-12(8-11)19(23,24)25)16-28-31-32(30-16)9-15(34)27-29-17(35)26-14(33)4-3-13-2-1-5-36-13/h1-8H,9H2,(H,27,34)(H2,26,29,33,35)/b4-3+. The number of nitrogens with zero attached hydrogens (tertiary/aromatic N) is 4. The summed E-state index contributed by atoms with van der Waals surface area (Å²) in [5.74, 6) is -1.95. The Bertz CT molecular complexity index is 1250. The van der Waals surface area contributed by atoms with Crippen molar-refractivity contribution < 1.29 is 35.9 Å². The van der Waals surface area contributed by atoms with E-state index in [1.807, 2.05) is 5.38 Å². The molecule has 0 saturated carbocycles. The highest BCUT2D eigenvalue weighted by molar-refractivity contribution is 7.80. The van der Waals surface area contributed by atoms with Gasteiger partial charge in [-0.2, -0.15) is 31.1 Å². The van der Waals surface area contributed by atoms with Gasteiger partial charge in [-0.1, -0.05) is 6.07 Å². The molecule has 0 bridgehead atoms. The zero-order chi connectivity index (χ0) is 26.5. The molecule has 0 saturated heterocycles. The molecule has 0 radical (unpaired) electrons. The molecule has 1 aromatic carbocycles. The van der Waals surface area contributed by atoms with Gasteiger partial charge >= 0.3 is 12.4 Å². The minimum atomic E-state index is -5.05. The van der Waals surface area contributed by atoms with Crippen molar-refractivity contribution in [2.24, 2.45) is 0 Å². The predicted octanol–water partition coefficient (Wildman–Crippen LogP) is 3.17. The van der Waals surface area contributed by atoms with Crippen LogP contribution in [0.25, 0.3) is 17.5 Å². The van der Waals surface area contributed by atoms with Crippen molar-refractivity contribution >= 4 is 46.6 Å². The summed E-state index contributed by atoms with van der Waals surface area (Å²) < 4.78 is 78.2. The fourth-order valence-corrected chi connectivity index (χ4v) is 3.30. The number of thiophene rings is 1. The molecule has 3 rings (SSSR count). The molecule has 0 unspecified atom stereocenters. The van der Waals surface area contributed by atoms with E-state index in [1.54, 1.807) is 18.2 Å². The molecule has 0 aliphatic rings. The Hall–Kier alpha value is -3.86. The van der Waals surface area contributed by atoms with Crippen LogP contribution in [0.3, 0.4) is 0 Å². The first-order chi connectivity index (χ1) is 16.8. The zero-order valence-corrected chi connectivity index (χ0v) is 19.1. The van der Waals surface area contributed by atoms with Gasteiger partial charge in [-0.05, 0) is 53.2 Å². The van der Waals surface area contributed by atoms with E-state index in [9.17, 15) is 35.9 Å². The lowest BCUT2D eigenvalue weighted by molar-refractivity contribution is -0.143. The first-order valence-corrected chi connectivity index (χ1v) is 10.8. The van der Waals surface area contributed by atoms with Crippen LogP contribution in [0.1, 0.15) is 16.0 Å². The van der Waals surface area contributed by atoms with Crippen LogP contribution in [0.5, 0.6) is 0 Å². The van der Waals surface area contributed by atoms with Crippen molar-refractivity contribution in [1.82, 2.24) is 36.4 Å². The van der Waals surface area contributed by atoms with E-state index in [2.05, 4.69) is 31.6 Å². The summed E-state index contributed by atoms with van der Waals surface area (Å²) in [6.07, 6.45) is -7.33. The number of amides is 2. The maximum atomic E-state index is 13.0. The van der Waals surface area contributed by atoms with E-state index in [4.69, 9.17) is 12.2 Å². The van der Waals surface area contributed by atoms with E-state index < -0.39 is 53.2 Å². The first-order valence-electron chi connectivity index (χ1n) is 9.50. The first kappa shape index (κ1) is 26.7. The maximum absolute atomic E-state index is 13.0. The minimum Gasteiger partial charge on any atom is -0.298 e. The number of thiocarbonyl (C=S) groups is 1. The van der Waals surface area contributed by atoms with Gasteiger partial charge in [-0.3, -0.25) is 25.8 Å². The molecular weight excluding hydrogens is 536 g/mol. The molecule has 0 aliphatic heterocycles. The maximum Gasteiger partial charge on any atom is 0.416 e. The van der Waals surface area contributed by atoms with Crippen molar-refractivity contribution in [2.75, 3.05) is 0 Å². The SMILES string of the molecule is O=C(/C=C/c1cccs1)NC(=S)NNC(=O)Cn1nnc(-c2cc(C(F)(F)F)cc(C(F)(F)F)c2)n1. The molecule has 190 valence electrons. The van der Waals surface area contributed by atoms with Crippen LogP contribution < -0.4 is 16.2 Å². The Morgan fingerprint density at radius 1 is 1.06 bits per heavy atom. The van der Waals surface area contributed by atoms with E-state index in [0.29, 0.717) is 16.9 Å². The van der Waals surface area contributed by atoms with Gasteiger partial charge in [0.1, 0.15) is 6.54 Å². The monoisotopic (exact) mass is 549 g/mol. The van der Waals surface area contributed by atoms with Crippen molar-refractivity contribution in [3.05, 3.63) is 57.8 Å². The van der Waals surface area contributed by atoms with Crippen LogP contribution in [0, 0.1) is 0 Å².